The molecule has 2 heterocycles. The first-order chi connectivity index (χ1) is 11.8. The number of hydrogen-bond acceptors (Lipinski definition) is 4. The van der Waals surface area contributed by atoms with Crippen LogP contribution in [-0.2, 0) is 9.59 Å². The number of carbonyl (C=O) groups is 2. The number of rotatable bonds is 3. The van der Waals surface area contributed by atoms with Crippen LogP contribution in [-0.4, -0.2) is 51.6 Å². The number of nitrogens with one attached hydrogen (secondary N) is 1. The van der Waals surface area contributed by atoms with Crippen molar-refractivity contribution in [1.29, 1.82) is 0 Å². The molecule has 1 atom stereocenters. The average Bonchev–Trinajstić information content (AvgIpc) is 2.57. The van der Waals surface area contributed by atoms with Crippen LogP contribution in [0.1, 0.15) is 32.3 Å². The van der Waals surface area contributed by atoms with E-state index in [1.54, 1.807) is 11.8 Å². The van der Waals surface area contributed by atoms with Gasteiger partial charge < -0.3 is 10.2 Å². The minimum atomic E-state index is -0.436. The van der Waals surface area contributed by atoms with Crippen LogP contribution in [0.3, 0.4) is 0 Å². The third-order valence-electron chi connectivity index (χ3n) is 4.81. The molecule has 0 bridgehead atoms. The number of amides is 2. The molecule has 6 heteroatoms. The Hall–Kier alpha value is -1.14. The van der Waals surface area contributed by atoms with Crippen LogP contribution >= 0.6 is 23.5 Å². The normalized spacial score (nSPS) is 24.0. The fourth-order valence-electron chi connectivity index (χ4n) is 3.16. The minimum absolute atomic E-state index is 0.0352. The number of likely N-dealkylation sites (tertiary alicyclic amines) is 1. The molecule has 2 aliphatic heterocycles. The van der Waals surface area contributed by atoms with Gasteiger partial charge in [0.25, 0.3) is 0 Å². The number of nitrogens with zero attached hydrogens (tertiary/aromatic N) is 1. The van der Waals surface area contributed by atoms with Gasteiger partial charge in [-0.05, 0) is 45.7 Å². The van der Waals surface area contributed by atoms with Crippen LogP contribution in [0.15, 0.2) is 29.2 Å². The maximum absolute atomic E-state index is 12.7. The van der Waals surface area contributed by atoms with Crippen molar-refractivity contribution in [1.82, 2.24) is 10.2 Å². The van der Waals surface area contributed by atoms with Gasteiger partial charge in [0, 0.05) is 29.0 Å². The average molecular weight is 379 g/mol. The Labute approximate surface area is 158 Å². The van der Waals surface area contributed by atoms with Crippen LogP contribution in [0, 0.1) is 6.92 Å². The van der Waals surface area contributed by atoms with Crippen molar-refractivity contribution in [2.75, 3.05) is 18.8 Å². The van der Waals surface area contributed by atoms with E-state index >= 15 is 0 Å². The van der Waals surface area contributed by atoms with Crippen molar-refractivity contribution in [3.63, 3.8) is 0 Å². The molecule has 2 fully saturated rings. The Morgan fingerprint density at radius 2 is 2.04 bits per heavy atom. The lowest BCUT2D eigenvalue weighted by molar-refractivity contribution is -0.137. The van der Waals surface area contributed by atoms with Crippen molar-refractivity contribution in [2.24, 2.45) is 0 Å². The van der Waals surface area contributed by atoms with E-state index in [-0.39, 0.29) is 17.9 Å². The Morgan fingerprint density at radius 1 is 1.32 bits per heavy atom. The van der Waals surface area contributed by atoms with Gasteiger partial charge in [0.05, 0.1) is 4.75 Å². The minimum Gasteiger partial charge on any atom is -0.342 e. The fourth-order valence-corrected chi connectivity index (χ4v) is 5.40. The van der Waals surface area contributed by atoms with Crippen LogP contribution in [0.25, 0.3) is 0 Å². The summed E-state index contributed by atoms with van der Waals surface area (Å²) in [6.45, 7) is 7.48. The lowest BCUT2D eigenvalue weighted by atomic mass is 10.1. The quantitative estimate of drug-likeness (QED) is 0.878. The third-order valence-corrected chi connectivity index (χ3v) is 7.54. The number of hydrogen-bond donors (Lipinski definition) is 1. The van der Waals surface area contributed by atoms with Gasteiger partial charge in [-0.15, -0.1) is 23.5 Å². The van der Waals surface area contributed by atoms with Crippen LogP contribution in [0.5, 0.6) is 0 Å². The second kappa shape index (κ2) is 7.62. The van der Waals surface area contributed by atoms with E-state index in [1.807, 2.05) is 30.5 Å². The molecule has 0 spiro atoms. The Kier molecular flexibility index (Phi) is 5.68. The van der Waals surface area contributed by atoms with Crippen molar-refractivity contribution in [3.05, 3.63) is 29.8 Å². The van der Waals surface area contributed by atoms with E-state index in [9.17, 15) is 9.59 Å². The monoisotopic (exact) mass is 378 g/mol. The first-order valence-corrected chi connectivity index (χ1v) is 10.7. The van der Waals surface area contributed by atoms with Crippen LogP contribution in [0.2, 0.25) is 0 Å². The molecule has 1 N–H and O–H groups in total. The number of piperidine rings is 1. The summed E-state index contributed by atoms with van der Waals surface area (Å²) in [5, 5.41) is 3.46. The molecule has 2 saturated heterocycles. The SMILES string of the molecule is Cc1cccc(SC2CCN(C(=O)[C@@H]3CSC(C)(C)C(=O)N3)CC2)c1. The van der Waals surface area contributed by atoms with Gasteiger partial charge in [-0.3, -0.25) is 9.59 Å². The lowest BCUT2D eigenvalue weighted by Gasteiger charge is -2.38. The molecule has 1 aromatic rings. The van der Waals surface area contributed by atoms with Gasteiger partial charge in [-0.1, -0.05) is 17.7 Å². The number of aryl methyl sites for hydroxylation is 1. The van der Waals surface area contributed by atoms with E-state index in [2.05, 4.69) is 36.5 Å². The molecule has 2 aliphatic rings. The molecule has 0 aromatic heterocycles. The van der Waals surface area contributed by atoms with Gasteiger partial charge in [0.1, 0.15) is 6.04 Å². The second-order valence-corrected chi connectivity index (χ2v) is 10.3. The van der Waals surface area contributed by atoms with Gasteiger partial charge in [-0.2, -0.15) is 0 Å². The molecule has 25 heavy (non-hydrogen) atoms. The Balaban J connectivity index is 1.50. The predicted octanol–water partition coefficient (Wildman–Crippen LogP) is 3.09. The maximum atomic E-state index is 12.7. The summed E-state index contributed by atoms with van der Waals surface area (Å²) in [4.78, 5) is 28.0. The summed E-state index contributed by atoms with van der Waals surface area (Å²) in [6, 6.07) is 8.22. The molecule has 4 nitrogen and oxygen atoms in total. The maximum Gasteiger partial charge on any atom is 0.246 e. The van der Waals surface area contributed by atoms with E-state index < -0.39 is 4.75 Å². The molecule has 0 saturated carbocycles. The van der Waals surface area contributed by atoms with E-state index in [0.717, 1.165) is 25.9 Å². The zero-order valence-electron chi connectivity index (χ0n) is 15.1. The smallest absolute Gasteiger partial charge is 0.246 e. The first kappa shape index (κ1) is 18.6. The molecule has 1 aromatic carbocycles. The van der Waals surface area contributed by atoms with Crippen molar-refractivity contribution in [2.45, 2.75) is 54.5 Å². The van der Waals surface area contributed by atoms with Crippen molar-refractivity contribution >= 4 is 35.3 Å². The summed E-state index contributed by atoms with van der Waals surface area (Å²) in [7, 11) is 0. The van der Waals surface area contributed by atoms with Crippen LogP contribution < -0.4 is 5.32 Å². The molecule has 0 aliphatic carbocycles. The van der Waals surface area contributed by atoms with Gasteiger partial charge in [-0.25, -0.2) is 0 Å². The van der Waals surface area contributed by atoms with Gasteiger partial charge in [0.2, 0.25) is 11.8 Å². The number of thioether (sulfide) groups is 2. The highest BCUT2D eigenvalue weighted by Crippen LogP contribution is 2.32. The summed E-state index contributed by atoms with van der Waals surface area (Å²) in [6.07, 6.45) is 2.01. The Morgan fingerprint density at radius 3 is 2.68 bits per heavy atom. The molecular formula is C19H26N2O2S2. The predicted molar refractivity (Wildman–Crippen MR) is 105 cm³/mol. The second-order valence-electron chi connectivity index (χ2n) is 7.31. The summed E-state index contributed by atoms with van der Waals surface area (Å²) in [5.41, 5.74) is 1.28. The molecule has 0 radical (unpaired) electrons. The molecular weight excluding hydrogens is 352 g/mol. The first-order valence-electron chi connectivity index (χ1n) is 8.82. The topological polar surface area (TPSA) is 49.4 Å². The van der Waals surface area contributed by atoms with Crippen LogP contribution in [0.4, 0.5) is 0 Å². The zero-order chi connectivity index (χ0) is 18.0. The number of benzene rings is 1. The highest BCUT2D eigenvalue weighted by Gasteiger charge is 2.39. The summed E-state index contributed by atoms with van der Waals surface area (Å²) in [5.74, 6) is 0.706. The third kappa shape index (κ3) is 4.53. The molecule has 136 valence electrons. The van der Waals surface area contributed by atoms with Crippen molar-refractivity contribution < 1.29 is 9.59 Å². The molecule has 2 amide bonds. The summed E-state index contributed by atoms with van der Waals surface area (Å²) < 4.78 is -0.436. The largest absolute Gasteiger partial charge is 0.342 e. The van der Waals surface area contributed by atoms with Crippen molar-refractivity contribution in [3.8, 4) is 0 Å². The van der Waals surface area contributed by atoms with E-state index in [0.29, 0.717) is 11.0 Å². The van der Waals surface area contributed by atoms with Gasteiger partial charge >= 0.3 is 0 Å². The van der Waals surface area contributed by atoms with E-state index in [1.165, 1.54) is 10.5 Å². The lowest BCUT2D eigenvalue weighted by Crippen LogP contribution is -2.58. The fraction of sp³-hybridized carbons (Fsp3) is 0.579. The standard InChI is InChI=1S/C19H26N2O2S2/c1-13-5-4-6-15(11-13)25-14-7-9-21(10-8-14)17(22)16-12-24-19(2,3)18(23)20-16/h4-6,11,14,16H,7-10,12H2,1-3H3,(H,20,23)/t16-/m0/s1. The Bertz CT molecular complexity index is 655. The summed E-state index contributed by atoms with van der Waals surface area (Å²) >= 11 is 3.49. The highest BCUT2D eigenvalue weighted by molar-refractivity contribution is 8.01. The van der Waals surface area contributed by atoms with E-state index in [4.69, 9.17) is 0 Å². The molecule has 3 rings (SSSR count). The highest BCUT2D eigenvalue weighted by atomic mass is 32.2. The number of carbonyl (C=O) groups excluding carboxylic acids is 2. The van der Waals surface area contributed by atoms with Gasteiger partial charge in [0.15, 0.2) is 0 Å². The molecule has 0 unspecified atom stereocenters. The zero-order valence-corrected chi connectivity index (χ0v) is 16.7.